The van der Waals surface area contributed by atoms with Crippen LogP contribution < -0.4 is 0 Å². The zero-order valence-corrected chi connectivity index (χ0v) is 34.4. The third-order valence-electron chi connectivity index (χ3n) is 10.3. The maximum atomic E-state index is 13.9. The normalized spacial score (nSPS) is 13.4. The summed E-state index contributed by atoms with van der Waals surface area (Å²) < 4.78 is 6.87. The van der Waals surface area contributed by atoms with Crippen LogP contribution in [0.4, 0.5) is 0 Å². The minimum Gasteiger partial charge on any atom is -0.504 e. The maximum Gasteiger partial charge on any atom is 0.268 e. The van der Waals surface area contributed by atoms with Gasteiger partial charge in [0.1, 0.15) is 6.54 Å². The Hall–Kier alpha value is -0.990. The minimum absolute atomic E-state index is 0.0209. The van der Waals surface area contributed by atoms with E-state index >= 15 is 0 Å². The molecule has 1 aliphatic heterocycles. The molecule has 286 valence electrons. The van der Waals surface area contributed by atoms with Gasteiger partial charge in [0.05, 0.1) is 21.1 Å². The molecule has 0 N–H and O–H groups in total. The molecule has 0 fully saturated rings. The van der Waals surface area contributed by atoms with Gasteiger partial charge in [-0.05, 0) is 18.6 Å². The molecule has 49 heavy (non-hydrogen) atoms. The van der Waals surface area contributed by atoms with E-state index in [0.29, 0.717) is 29.6 Å². The zero-order valence-electron chi connectivity index (χ0n) is 33.5. The SMILES string of the molecule is CCCCCCCCCCCCCCCCCC(=O)C(C[N+](C)(C)C)(OC1=CP=[C-]1)C(=O)CCCCCCCCCCCCCCCCC. The molecule has 0 aromatic heterocycles. The molecule has 0 aliphatic carbocycles. The molecule has 0 atom stereocenters. The molecule has 0 radical (unpaired) electrons. The number of Topliss-reactive ketones (excluding diaryl/α,β-unsaturated/α-hetero) is 2. The average molecular weight is 704 g/mol. The molecule has 0 bridgehead atoms. The van der Waals surface area contributed by atoms with Gasteiger partial charge < -0.3 is 9.22 Å². The molecule has 0 saturated heterocycles. The third kappa shape index (κ3) is 24.8. The van der Waals surface area contributed by atoms with Gasteiger partial charge in [-0.25, -0.2) is 0 Å². The smallest absolute Gasteiger partial charge is 0.268 e. The predicted octanol–water partition coefficient (Wildman–Crippen LogP) is 13.6. The van der Waals surface area contributed by atoms with Crippen molar-refractivity contribution < 1.29 is 18.8 Å². The Bertz CT molecular complexity index is 828. The molecule has 0 aromatic rings. The third-order valence-corrected chi connectivity index (χ3v) is 11.0. The van der Waals surface area contributed by atoms with Gasteiger partial charge in [0.25, 0.3) is 5.60 Å². The van der Waals surface area contributed by atoms with Crippen molar-refractivity contribution in [3.63, 3.8) is 0 Å². The van der Waals surface area contributed by atoms with Crippen molar-refractivity contribution >= 4 is 25.6 Å². The average Bonchev–Trinajstić information content (AvgIpc) is 3.05. The molecule has 0 aromatic carbocycles. The largest absolute Gasteiger partial charge is 0.504 e. The highest BCUT2D eigenvalue weighted by Gasteiger charge is 2.50. The molecule has 0 spiro atoms. The minimum atomic E-state index is -1.39. The lowest BCUT2D eigenvalue weighted by atomic mass is 9.85. The Labute approximate surface area is 307 Å². The topological polar surface area (TPSA) is 43.4 Å². The summed E-state index contributed by atoms with van der Waals surface area (Å²) >= 11 is 0. The zero-order chi connectivity index (χ0) is 35.9. The van der Waals surface area contributed by atoms with Crippen molar-refractivity contribution in [1.82, 2.24) is 0 Å². The second-order valence-electron chi connectivity index (χ2n) is 16.4. The summed E-state index contributed by atoms with van der Waals surface area (Å²) in [6.45, 7) is 4.94. The monoisotopic (exact) mass is 704 g/mol. The highest BCUT2D eigenvalue weighted by atomic mass is 31.1. The Morgan fingerprint density at radius 1 is 0.531 bits per heavy atom. The van der Waals surface area contributed by atoms with Gasteiger partial charge in [0, 0.05) is 12.8 Å². The van der Waals surface area contributed by atoms with E-state index in [-0.39, 0.29) is 11.6 Å². The van der Waals surface area contributed by atoms with Crippen molar-refractivity contribution in [3.05, 3.63) is 11.6 Å². The van der Waals surface area contributed by atoms with Crippen LogP contribution in [0.15, 0.2) is 11.6 Å². The number of allylic oxidation sites excluding steroid dienone is 1. The van der Waals surface area contributed by atoms with Gasteiger partial charge in [-0.2, -0.15) is 11.6 Å². The van der Waals surface area contributed by atoms with Crippen LogP contribution in [0, 0.1) is 0 Å². The number of ether oxygens (including phenoxy) is 1. The van der Waals surface area contributed by atoms with Crippen LogP contribution in [0.2, 0.25) is 0 Å². The number of nitrogens with zero attached hydrogens (tertiary/aromatic N) is 1. The Balaban J connectivity index is 2.35. The van der Waals surface area contributed by atoms with Crippen LogP contribution in [0.25, 0.3) is 0 Å². The number of likely N-dealkylation sites (N-methyl/N-ethyl adjacent to an activating group) is 1. The number of ketones is 2. The van der Waals surface area contributed by atoms with Crippen LogP contribution >= 0.6 is 8.20 Å². The maximum absolute atomic E-state index is 13.9. The van der Waals surface area contributed by atoms with Crippen molar-refractivity contribution in [2.45, 2.75) is 225 Å². The Morgan fingerprint density at radius 3 is 1.02 bits per heavy atom. The second kappa shape index (κ2) is 30.6. The molecular weight excluding hydrogens is 621 g/mol. The quantitative estimate of drug-likeness (QED) is 0.0211. The molecule has 1 aliphatic rings. The first-order valence-electron chi connectivity index (χ1n) is 21.5. The molecule has 0 amide bonds. The van der Waals surface area contributed by atoms with E-state index in [0.717, 1.165) is 33.9 Å². The van der Waals surface area contributed by atoms with E-state index in [2.05, 4.69) is 40.8 Å². The molecule has 0 saturated carbocycles. The van der Waals surface area contributed by atoms with Gasteiger partial charge >= 0.3 is 0 Å². The van der Waals surface area contributed by atoms with E-state index in [9.17, 15) is 9.59 Å². The van der Waals surface area contributed by atoms with Crippen LogP contribution in [0.5, 0.6) is 0 Å². The molecule has 5 heteroatoms. The van der Waals surface area contributed by atoms with Crippen LogP contribution in [-0.2, 0) is 14.3 Å². The molecule has 1 rings (SSSR count). The number of hydrogen-bond donors (Lipinski definition) is 0. The van der Waals surface area contributed by atoms with E-state index in [4.69, 9.17) is 4.74 Å². The lowest BCUT2D eigenvalue weighted by molar-refractivity contribution is -0.874. The summed E-state index contributed by atoms with van der Waals surface area (Å²) in [6, 6.07) is 0. The lowest BCUT2D eigenvalue weighted by Gasteiger charge is -2.40. The Kier molecular flexibility index (Phi) is 28.8. The summed E-state index contributed by atoms with van der Waals surface area (Å²) in [7, 11) is 7.14. The molecule has 4 nitrogen and oxygen atoms in total. The first-order chi connectivity index (χ1) is 23.7. The predicted molar refractivity (Wildman–Crippen MR) is 216 cm³/mol. The fourth-order valence-electron chi connectivity index (χ4n) is 7.22. The second-order valence-corrected chi connectivity index (χ2v) is 17.1. The summed E-state index contributed by atoms with van der Waals surface area (Å²) in [5.41, 5.74) is -1.39. The van der Waals surface area contributed by atoms with Crippen LogP contribution in [0.1, 0.15) is 219 Å². The van der Waals surface area contributed by atoms with Gasteiger partial charge in [0.15, 0.2) is 11.6 Å². The number of carbonyl (C=O) groups is 2. The van der Waals surface area contributed by atoms with Crippen molar-refractivity contribution in [3.8, 4) is 0 Å². The van der Waals surface area contributed by atoms with Gasteiger partial charge in [-0.3, -0.25) is 17.8 Å². The van der Waals surface area contributed by atoms with E-state index in [1.54, 1.807) is 0 Å². The molecule has 1 heterocycles. The fraction of sp³-hybridized carbons (Fsp3) is 0.886. The number of unbranched alkanes of at least 4 members (excludes halogenated alkanes) is 28. The highest BCUT2D eigenvalue weighted by Crippen LogP contribution is 2.30. The number of hydrogen-bond acceptors (Lipinski definition) is 3. The molecular formula is C44H82NO3P. The number of rotatable bonds is 38. The van der Waals surface area contributed by atoms with Crippen molar-refractivity contribution in [2.75, 3.05) is 27.7 Å². The standard InChI is InChI=1S/C44H82NO3P/c1-6-8-10-12-14-16-18-20-22-24-26-28-30-32-34-36-42(46)44(40-45(3,4)5,48-41-38-49-39-41)43(47)37-35-33-31-29-27-25-23-21-19-17-15-13-11-9-7-2/h38H,6-37,40H2,1-5H3. The van der Waals surface area contributed by atoms with Crippen molar-refractivity contribution in [1.29, 1.82) is 0 Å². The molecule has 0 unspecified atom stereocenters. The van der Waals surface area contributed by atoms with Gasteiger partial charge in [0.2, 0.25) is 0 Å². The number of quaternary nitrogens is 1. The van der Waals surface area contributed by atoms with E-state index in [1.807, 2.05) is 5.82 Å². The first-order valence-corrected chi connectivity index (χ1v) is 22.4. The summed E-state index contributed by atoms with van der Waals surface area (Å²) in [4.78, 5) is 27.9. The Morgan fingerprint density at radius 2 is 0.796 bits per heavy atom. The summed E-state index contributed by atoms with van der Waals surface area (Å²) in [5.74, 6) is 5.61. The fourth-order valence-corrected chi connectivity index (χ4v) is 7.55. The van der Waals surface area contributed by atoms with Crippen LogP contribution in [-0.4, -0.2) is 55.1 Å². The van der Waals surface area contributed by atoms with E-state index in [1.165, 1.54) is 167 Å². The summed E-state index contributed by atoms with van der Waals surface area (Å²) in [5, 5.41) is 0. The summed E-state index contributed by atoms with van der Waals surface area (Å²) in [6.07, 6.45) is 39.8. The highest BCUT2D eigenvalue weighted by molar-refractivity contribution is 7.45. The van der Waals surface area contributed by atoms with Gasteiger partial charge in [-0.15, -0.1) is 0 Å². The lowest BCUT2D eigenvalue weighted by Crippen LogP contribution is -2.60. The van der Waals surface area contributed by atoms with Crippen molar-refractivity contribution in [2.24, 2.45) is 0 Å². The van der Waals surface area contributed by atoms with Gasteiger partial charge in [-0.1, -0.05) is 194 Å². The van der Waals surface area contributed by atoms with Crippen LogP contribution in [0.3, 0.4) is 0 Å². The first kappa shape index (κ1) is 46.0. The van der Waals surface area contributed by atoms with E-state index < -0.39 is 5.60 Å². The number of carbonyl (C=O) groups excluding carboxylic acids is 2.